The van der Waals surface area contributed by atoms with Gasteiger partial charge in [-0.25, -0.2) is 4.39 Å². The molecule has 21 heavy (non-hydrogen) atoms. The zero-order chi connectivity index (χ0) is 15.2. The first-order valence-corrected chi connectivity index (χ1v) is 6.62. The van der Waals surface area contributed by atoms with Crippen LogP contribution < -0.4 is 10.6 Å². The van der Waals surface area contributed by atoms with Crippen molar-refractivity contribution in [3.05, 3.63) is 34.9 Å². The first-order chi connectivity index (χ1) is 10.1. The molecule has 0 aliphatic heterocycles. The third-order valence-corrected chi connectivity index (χ3v) is 2.65. The monoisotopic (exact) mass is 306 g/mol. The van der Waals surface area contributed by atoms with E-state index < -0.39 is 5.82 Å². The maximum atomic E-state index is 13.8. The molecule has 1 aromatic carbocycles. The second-order valence-electron chi connectivity index (χ2n) is 4.11. The third-order valence-electron chi connectivity index (χ3n) is 2.49. The lowest BCUT2D eigenvalue weighted by Crippen LogP contribution is -2.08. The third kappa shape index (κ3) is 4.00. The molecule has 2 N–H and O–H groups in total. The van der Waals surface area contributed by atoms with Crippen LogP contribution in [0.25, 0.3) is 0 Å². The predicted octanol–water partition coefficient (Wildman–Crippen LogP) is 3.10. The van der Waals surface area contributed by atoms with Crippen LogP contribution in [0.4, 0.5) is 22.0 Å². The van der Waals surface area contributed by atoms with Gasteiger partial charge in [-0.3, -0.25) is 0 Å². The first-order valence-electron chi connectivity index (χ1n) is 6.24. The van der Waals surface area contributed by atoms with E-state index >= 15 is 0 Å². The van der Waals surface area contributed by atoms with Crippen molar-refractivity contribution < 1.29 is 4.39 Å². The number of benzene rings is 1. The van der Waals surface area contributed by atoms with Crippen molar-refractivity contribution in [2.75, 3.05) is 17.2 Å². The molecule has 1 aromatic heterocycles. The van der Waals surface area contributed by atoms with E-state index in [1.165, 1.54) is 12.1 Å². The van der Waals surface area contributed by atoms with Crippen molar-refractivity contribution in [2.24, 2.45) is 0 Å². The highest BCUT2D eigenvalue weighted by atomic mass is 35.5. The molecule has 0 atom stereocenters. The van der Waals surface area contributed by atoms with Crippen LogP contribution in [-0.4, -0.2) is 21.5 Å². The fraction of sp³-hybridized carbons (Fsp3) is 0.231. The summed E-state index contributed by atoms with van der Waals surface area (Å²) in [6, 6.07) is 5.91. The Bertz CT molecular complexity index is 685. The number of aromatic nitrogens is 3. The van der Waals surface area contributed by atoms with E-state index in [9.17, 15) is 4.39 Å². The van der Waals surface area contributed by atoms with Crippen molar-refractivity contribution in [3.63, 3.8) is 0 Å². The van der Waals surface area contributed by atoms with Crippen LogP contribution in [0.15, 0.2) is 18.2 Å². The highest BCUT2D eigenvalue weighted by molar-refractivity contribution is 6.28. The number of halogens is 2. The van der Waals surface area contributed by atoms with Crippen LogP contribution in [0, 0.1) is 17.1 Å². The van der Waals surface area contributed by atoms with Crippen molar-refractivity contribution in [1.82, 2.24) is 15.0 Å². The Morgan fingerprint density at radius 2 is 2.05 bits per heavy atom. The summed E-state index contributed by atoms with van der Waals surface area (Å²) < 4.78 is 13.8. The van der Waals surface area contributed by atoms with Crippen molar-refractivity contribution in [2.45, 2.75) is 13.3 Å². The average Bonchev–Trinajstić information content (AvgIpc) is 2.46. The summed E-state index contributed by atoms with van der Waals surface area (Å²) in [5, 5.41) is 14.4. The van der Waals surface area contributed by atoms with Crippen LogP contribution >= 0.6 is 11.6 Å². The molecule has 6 nitrogen and oxygen atoms in total. The van der Waals surface area contributed by atoms with E-state index in [2.05, 4.69) is 25.6 Å². The Morgan fingerprint density at radius 1 is 1.29 bits per heavy atom. The lowest BCUT2D eigenvalue weighted by Gasteiger charge is -2.08. The molecule has 0 aliphatic carbocycles. The predicted molar refractivity (Wildman–Crippen MR) is 78.0 cm³/mol. The van der Waals surface area contributed by atoms with Crippen LogP contribution in [-0.2, 0) is 0 Å². The Kier molecular flexibility index (Phi) is 4.85. The van der Waals surface area contributed by atoms with Gasteiger partial charge in [0.25, 0.3) is 0 Å². The van der Waals surface area contributed by atoms with Gasteiger partial charge in [-0.05, 0) is 36.2 Å². The van der Waals surface area contributed by atoms with Gasteiger partial charge in [0.2, 0.25) is 17.2 Å². The molecule has 0 fully saturated rings. The van der Waals surface area contributed by atoms with E-state index in [0.717, 1.165) is 12.5 Å². The van der Waals surface area contributed by atoms with Gasteiger partial charge < -0.3 is 10.6 Å². The van der Waals surface area contributed by atoms with E-state index in [1.807, 2.05) is 13.0 Å². The minimum Gasteiger partial charge on any atom is -0.354 e. The number of nitrogens with one attached hydrogen (secondary N) is 2. The Morgan fingerprint density at radius 3 is 2.71 bits per heavy atom. The number of nitriles is 1. The smallest absolute Gasteiger partial charge is 0.233 e. The van der Waals surface area contributed by atoms with Crippen molar-refractivity contribution in [1.29, 1.82) is 5.26 Å². The lowest BCUT2D eigenvalue weighted by molar-refractivity contribution is 0.631. The zero-order valence-corrected chi connectivity index (χ0v) is 11.9. The van der Waals surface area contributed by atoms with Crippen molar-refractivity contribution >= 4 is 29.2 Å². The Balaban J connectivity index is 2.23. The number of anilines is 3. The van der Waals surface area contributed by atoms with Crippen LogP contribution in [0.1, 0.15) is 18.9 Å². The summed E-state index contributed by atoms with van der Waals surface area (Å²) in [6.07, 6.45) is 0.899. The topological polar surface area (TPSA) is 86.5 Å². The van der Waals surface area contributed by atoms with Gasteiger partial charge in [0.1, 0.15) is 5.82 Å². The number of nitrogens with zero attached hydrogens (tertiary/aromatic N) is 4. The van der Waals surface area contributed by atoms with E-state index in [1.54, 1.807) is 0 Å². The Labute approximate surface area is 126 Å². The van der Waals surface area contributed by atoms with Gasteiger partial charge in [-0.1, -0.05) is 6.92 Å². The molecule has 8 heteroatoms. The molecule has 0 radical (unpaired) electrons. The molecule has 0 bridgehead atoms. The molecule has 2 aromatic rings. The molecule has 0 amide bonds. The fourth-order valence-corrected chi connectivity index (χ4v) is 1.69. The number of hydrogen-bond acceptors (Lipinski definition) is 6. The second-order valence-corrected chi connectivity index (χ2v) is 4.45. The molecular formula is C13H12ClFN6. The summed E-state index contributed by atoms with van der Waals surface area (Å²) >= 11 is 5.80. The lowest BCUT2D eigenvalue weighted by atomic mass is 10.2. The quantitative estimate of drug-likeness (QED) is 0.882. The molecule has 0 saturated carbocycles. The standard InChI is InChI=1S/C13H12ClFN6/c1-2-5-17-12-19-11(14)20-13(21-12)18-10-4-3-8(7-16)6-9(10)15/h3-4,6H,2,5H2,1H3,(H2,17,18,19,20,21). The van der Waals surface area contributed by atoms with Crippen LogP contribution in [0.3, 0.4) is 0 Å². The van der Waals surface area contributed by atoms with Gasteiger partial charge >= 0.3 is 0 Å². The normalized spacial score (nSPS) is 10.0. The summed E-state index contributed by atoms with van der Waals surface area (Å²) in [5.41, 5.74) is 0.384. The maximum absolute atomic E-state index is 13.8. The summed E-state index contributed by atoms with van der Waals surface area (Å²) in [7, 11) is 0. The maximum Gasteiger partial charge on any atom is 0.233 e. The first kappa shape index (κ1) is 14.9. The minimum atomic E-state index is -0.575. The summed E-state index contributed by atoms with van der Waals surface area (Å²) in [5.74, 6) is -0.140. The molecule has 2 rings (SSSR count). The van der Waals surface area contributed by atoms with Gasteiger partial charge in [-0.15, -0.1) is 0 Å². The van der Waals surface area contributed by atoms with Gasteiger partial charge in [0, 0.05) is 6.54 Å². The van der Waals surface area contributed by atoms with Crippen LogP contribution in [0.5, 0.6) is 0 Å². The van der Waals surface area contributed by atoms with Crippen molar-refractivity contribution in [3.8, 4) is 6.07 Å². The molecular weight excluding hydrogens is 295 g/mol. The van der Waals surface area contributed by atoms with E-state index in [4.69, 9.17) is 16.9 Å². The zero-order valence-electron chi connectivity index (χ0n) is 11.2. The molecule has 0 spiro atoms. The van der Waals surface area contributed by atoms with E-state index in [0.29, 0.717) is 12.5 Å². The van der Waals surface area contributed by atoms with Gasteiger partial charge in [0.15, 0.2) is 0 Å². The number of rotatable bonds is 5. The highest BCUT2D eigenvalue weighted by Crippen LogP contribution is 2.20. The molecule has 1 heterocycles. The van der Waals surface area contributed by atoms with Gasteiger partial charge in [0.05, 0.1) is 17.3 Å². The molecule has 0 unspecified atom stereocenters. The fourth-order valence-electron chi connectivity index (χ4n) is 1.53. The van der Waals surface area contributed by atoms with E-state index in [-0.39, 0.29) is 22.5 Å². The minimum absolute atomic E-state index is 0.000145. The largest absolute Gasteiger partial charge is 0.354 e. The Hall–Kier alpha value is -2.46. The number of hydrogen-bond donors (Lipinski definition) is 2. The van der Waals surface area contributed by atoms with Gasteiger partial charge in [-0.2, -0.15) is 20.2 Å². The highest BCUT2D eigenvalue weighted by Gasteiger charge is 2.08. The summed E-state index contributed by atoms with van der Waals surface area (Å²) in [4.78, 5) is 11.9. The second kappa shape index (κ2) is 6.81. The SMILES string of the molecule is CCCNc1nc(Cl)nc(Nc2ccc(C#N)cc2F)n1. The summed E-state index contributed by atoms with van der Waals surface area (Å²) in [6.45, 7) is 2.69. The average molecular weight is 307 g/mol. The molecule has 0 saturated heterocycles. The molecule has 108 valence electrons. The van der Waals surface area contributed by atoms with Crippen LogP contribution in [0.2, 0.25) is 5.28 Å². The molecule has 0 aliphatic rings.